The maximum Gasteiger partial charge on any atom is 0.153 e. The molecular formula is C14H20O3S. The molecule has 0 bridgehead atoms. The Morgan fingerprint density at radius 1 is 1.17 bits per heavy atom. The van der Waals surface area contributed by atoms with Crippen molar-refractivity contribution in [1.29, 1.82) is 0 Å². The van der Waals surface area contributed by atoms with Crippen molar-refractivity contribution in [3.05, 3.63) is 35.4 Å². The molecule has 18 heavy (non-hydrogen) atoms. The molecule has 0 spiro atoms. The summed E-state index contributed by atoms with van der Waals surface area (Å²) in [5, 5.41) is 8.91. The highest BCUT2D eigenvalue weighted by atomic mass is 32.2. The Morgan fingerprint density at radius 3 is 2.22 bits per heavy atom. The van der Waals surface area contributed by atoms with Crippen LogP contribution in [0.1, 0.15) is 30.9 Å². The smallest absolute Gasteiger partial charge is 0.153 e. The van der Waals surface area contributed by atoms with E-state index >= 15 is 0 Å². The van der Waals surface area contributed by atoms with Crippen LogP contribution in [0.3, 0.4) is 0 Å². The number of benzene rings is 1. The second-order valence-electron chi connectivity index (χ2n) is 4.88. The van der Waals surface area contributed by atoms with E-state index < -0.39 is 9.84 Å². The second-order valence-corrected chi connectivity index (χ2v) is 7.33. The molecule has 100 valence electrons. The lowest BCUT2D eigenvalue weighted by molar-refractivity contribution is 0.274. The number of aliphatic hydroxyl groups excluding tert-OH is 1. The van der Waals surface area contributed by atoms with Gasteiger partial charge in [-0.2, -0.15) is 0 Å². The van der Waals surface area contributed by atoms with Gasteiger partial charge in [0.1, 0.15) is 0 Å². The van der Waals surface area contributed by atoms with E-state index in [0.29, 0.717) is 0 Å². The largest absolute Gasteiger partial charge is 0.396 e. The Hall–Kier alpha value is -0.870. The number of hydrogen-bond donors (Lipinski definition) is 1. The third-order valence-electron chi connectivity index (χ3n) is 3.90. The Labute approximate surface area is 109 Å². The molecule has 0 amide bonds. The standard InChI is InChI=1S/C14H20O3S/c1-3-10-5-7-11(8-6-10)13-12(9-15)14(13)18(16,17)4-2/h5-8,12-15H,3-4,9H2,1-2H3/t12-,13-,14-/m0/s1. The Kier molecular flexibility index (Phi) is 3.78. The molecule has 1 aromatic rings. The fourth-order valence-corrected chi connectivity index (χ4v) is 4.54. The van der Waals surface area contributed by atoms with Crippen LogP contribution in [0.25, 0.3) is 0 Å². The summed E-state index contributed by atoms with van der Waals surface area (Å²) in [6, 6.07) is 8.07. The highest BCUT2D eigenvalue weighted by molar-refractivity contribution is 7.92. The van der Waals surface area contributed by atoms with Gasteiger partial charge in [0.25, 0.3) is 0 Å². The average molecular weight is 268 g/mol. The minimum absolute atomic E-state index is 0.0224. The van der Waals surface area contributed by atoms with E-state index in [1.165, 1.54) is 5.56 Å². The van der Waals surface area contributed by atoms with Gasteiger partial charge in [-0.15, -0.1) is 0 Å². The number of rotatable bonds is 5. The van der Waals surface area contributed by atoms with E-state index in [-0.39, 0.29) is 29.4 Å². The molecule has 0 aliphatic heterocycles. The van der Waals surface area contributed by atoms with Gasteiger partial charge in [-0.3, -0.25) is 0 Å². The highest BCUT2D eigenvalue weighted by Crippen LogP contribution is 2.52. The van der Waals surface area contributed by atoms with Gasteiger partial charge < -0.3 is 5.11 Å². The first kappa shape index (κ1) is 13.6. The van der Waals surface area contributed by atoms with Gasteiger partial charge in [0.15, 0.2) is 9.84 Å². The molecule has 1 aliphatic carbocycles. The summed E-state index contributed by atoms with van der Waals surface area (Å²) >= 11 is 0. The van der Waals surface area contributed by atoms with Crippen LogP contribution in [-0.4, -0.2) is 31.1 Å². The van der Waals surface area contributed by atoms with Crippen molar-refractivity contribution in [2.75, 3.05) is 12.4 Å². The number of hydrogen-bond acceptors (Lipinski definition) is 3. The molecule has 0 saturated heterocycles. The molecule has 3 nitrogen and oxygen atoms in total. The number of sulfone groups is 1. The first-order valence-corrected chi connectivity index (χ1v) is 8.18. The van der Waals surface area contributed by atoms with Gasteiger partial charge in [0, 0.05) is 24.2 Å². The van der Waals surface area contributed by atoms with Crippen molar-refractivity contribution in [2.45, 2.75) is 31.4 Å². The van der Waals surface area contributed by atoms with Crippen LogP contribution >= 0.6 is 0 Å². The SMILES string of the molecule is CCc1ccc([C@H]2[C@H](CO)[C@@H]2S(=O)(=O)CC)cc1. The molecule has 0 unspecified atom stereocenters. The summed E-state index contributed by atoms with van der Waals surface area (Å²) in [4.78, 5) is 0. The predicted molar refractivity (Wildman–Crippen MR) is 72.4 cm³/mol. The third kappa shape index (κ3) is 2.31. The van der Waals surface area contributed by atoms with Crippen LogP contribution in [0.2, 0.25) is 0 Å². The topological polar surface area (TPSA) is 54.4 Å². The Balaban J connectivity index is 2.23. The first-order valence-electron chi connectivity index (χ1n) is 6.46. The quantitative estimate of drug-likeness (QED) is 0.885. The van der Waals surface area contributed by atoms with Crippen LogP contribution in [0.5, 0.6) is 0 Å². The van der Waals surface area contributed by atoms with E-state index in [1.54, 1.807) is 6.92 Å². The molecule has 0 heterocycles. The molecule has 1 fully saturated rings. The maximum atomic E-state index is 11.9. The van der Waals surface area contributed by atoms with Gasteiger partial charge in [-0.05, 0) is 17.5 Å². The lowest BCUT2D eigenvalue weighted by Gasteiger charge is -2.02. The van der Waals surface area contributed by atoms with E-state index in [0.717, 1.165) is 12.0 Å². The van der Waals surface area contributed by atoms with Crippen LogP contribution < -0.4 is 0 Å². The van der Waals surface area contributed by atoms with Crippen molar-refractivity contribution in [2.24, 2.45) is 5.92 Å². The Morgan fingerprint density at radius 2 is 1.78 bits per heavy atom. The van der Waals surface area contributed by atoms with Gasteiger partial charge in [-0.1, -0.05) is 38.1 Å². The minimum atomic E-state index is -3.06. The maximum absolute atomic E-state index is 11.9. The zero-order chi connectivity index (χ0) is 13.3. The van der Waals surface area contributed by atoms with Gasteiger partial charge in [-0.25, -0.2) is 8.42 Å². The zero-order valence-corrected chi connectivity index (χ0v) is 11.7. The molecule has 2 rings (SSSR count). The van der Waals surface area contributed by atoms with Gasteiger partial charge in [0.05, 0.1) is 5.25 Å². The van der Waals surface area contributed by atoms with Crippen LogP contribution in [0.15, 0.2) is 24.3 Å². The fraction of sp³-hybridized carbons (Fsp3) is 0.571. The van der Waals surface area contributed by atoms with Crippen LogP contribution in [-0.2, 0) is 16.3 Å². The minimum Gasteiger partial charge on any atom is -0.396 e. The molecule has 1 aliphatic rings. The third-order valence-corrected chi connectivity index (χ3v) is 6.17. The monoisotopic (exact) mass is 268 g/mol. The number of aliphatic hydroxyl groups is 1. The lowest BCUT2D eigenvalue weighted by Crippen LogP contribution is -2.13. The van der Waals surface area contributed by atoms with E-state index in [4.69, 9.17) is 0 Å². The molecule has 0 radical (unpaired) electrons. The highest BCUT2D eigenvalue weighted by Gasteiger charge is 2.57. The van der Waals surface area contributed by atoms with Crippen molar-refractivity contribution in [3.63, 3.8) is 0 Å². The molecule has 1 N–H and O–H groups in total. The first-order chi connectivity index (χ1) is 8.55. The molecule has 0 aromatic heterocycles. The van der Waals surface area contributed by atoms with Crippen molar-refractivity contribution >= 4 is 9.84 Å². The predicted octanol–water partition coefficient (Wildman–Crippen LogP) is 1.76. The molecule has 4 heteroatoms. The van der Waals surface area contributed by atoms with Gasteiger partial charge >= 0.3 is 0 Å². The van der Waals surface area contributed by atoms with E-state index in [9.17, 15) is 13.5 Å². The van der Waals surface area contributed by atoms with Gasteiger partial charge in [0.2, 0.25) is 0 Å². The second kappa shape index (κ2) is 5.02. The summed E-state index contributed by atoms with van der Waals surface area (Å²) in [5.74, 6) is 0.00540. The summed E-state index contributed by atoms with van der Waals surface area (Å²) in [6.45, 7) is 3.70. The van der Waals surface area contributed by atoms with E-state index in [2.05, 4.69) is 6.92 Å². The van der Waals surface area contributed by atoms with Crippen molar-refractivity contribution < 1.29 is 13.5 Å². The molecular weight excluding hydrogens is 248 g/mol. The molecule has 1 saturated carbocycles. The summed E-state index contributed by atoms with van der Waals surface area (Å²) in [7, 11) is -3.06. The van der Waals surface area contributed by atoms with Crippen molar-refractivity contribution in [3.8, 4) is 0 Å². The average Bonchev–Trinajstić information content (AvgIpc) is 3.14. The fourth-order valence-electron chi connectivity index (χ4n) is 2.65. The Bertz CT molecular complexity index is 504. The van der Waals surface area contributed by atoms with Crippen LogP contribution in [0.4, 0.5) is 0 Å². The van der Waals surface area contributed by atoms with Crippen LogP contribution in [0, 0.1) is 5.92 Å². The summed E-state index contributed by atoms with van der Waals surface area (Å²) in [5.41, 5.74) is 2.28. The normalized spacial score (nSPS) is 27.2. The summed E-state index contributed by atoms with van der Waals surface area (Å²) in [6.07, 6.45) is 0.977. The number of aryl methyl sites for hydroxylation is 1. The zero-order valence-electron chi connectivity index (χ0n) is 10.8. The lowest BCUT2D eigenvalue weighted by atomic mass is 10.1. The summed E-state index contributed by atoms with van der Waals surface area (Å²) < 4.78 is 23.9. The molecule has 1 aromatic carbocycles. The van der Waals surface area contributed by atoms with Crippen molar-refractivity contribution in [1.82, 2.24) is 0 Å². The molecule has 3 atom stereocenters. The van der Waals surface area contributed by atoms with E-state index in [1.807, 2.05) is 24.3 Å².